The average Bonchev–Trinajstić information content (AvgIpc) is 3.35. The van der Waals surface area contributed by atoms with Gasteiger partial charge in [-0.2, -0.15) is 0 Å². The van der Waals surface area contributed by atoms with Crippen LogP contribution in [0.1, 0.15) is 32.8 Å². The molecule has 0 aromatic heterocycles. The number of carbonyl (C=O) groups excluding carboxylic acids is 1. The Hall–Kier alpha value is -2.57. The lowest BCUT2D eigenvalue weighted by Gasteiger charge is -2.45. The number of hydrogen-bond donors (Lipinski definition) is 0. The Morgan fingerprint density at radius 3 is 1.94 bits per heavy atom. The van der Waals surface area contributed by atoms with E-state index in [-0.39, 0.29) is 22.8 Å². The molecule has 2 bridgehead atoms. The SMILES string of the molecule is CC(C)(C)[Si](OC[C@]12CC(=O)[C@H](CO1)[C@H]2OCc1ccccc1)(c1ccccc1)c1ccccc1. The van der Waals surface area contributed by atoms with Gasteiger partial charge in [0.1, 0.15) is 17.5 Å². The van der Waals surface area contributed by atoms with Gasteiger partial charge in [-0.15, -0.1) is 0 Å². The van der Waals surface area contributed by atoms with Gasteiger partial charge in [0, 0.05) is 6.42 Å². The van der Waals surface area contributed by atoms with Crippen LogP contribution in [0.25, 0.3) is 0 Å². The molecule has 0 unspecified atom stereocenters. The highest BCUT2D eigenvalue weighted by atomic mass is 28.4. The number of rotatable bonds is 8. The van der Waals surface area contributed by atoms with E-state index in [4.69, 9.17) is 13.9 Å². The maximum Gasteiger partial charge on any atom is 0.261 e. The van der Waals surface area contributed by atoms with Crippen LogP contribution in [0.3, 0.4) is 0 Å². The maximum absolute atomic E-state index is 12.9. The van der Waals surface area contributed by atoms with E-state index in [1.807, 2.05) is 42.5 Å². The Bertz CT molecular complexity index is 1100. The second-order valence-electron chi connectivity index (χ2n) is 10.8. The third-order valence-corrected chi connectivity index (χ3v) is 12.5. The second kappa shape index (κ2) is 9.47. The fourth-order valence-corrected chi connectivity index (χ4v) is 10.4. The normalized spacial score (nSPS) is 24.1. The Morgan fingerprint density at radius 2 is 1.43 bits per heavy atom. The van der Waals surface area contributed by atoms with E-state index in [9.17, 15) is 4.79 Å². The lowest BCUT2D eigenvalue weighted by Crippen LogP contribution is -2.68. The van der Waals surface area contributed by atoms with Crippen molar-refractivity contribution >= 4 is 24.5 Å². The molecule has 0 radical (unpaired) electrons. The smallest absolute Gasteiger partial charge is 0.261 e. The van der Waals surface area contributed by atoms with Gasteiger partial charge in [-0.3, -0.25) is 4.79 Å². The van der Waals surface area contributed by atoms with Crippen molar-refractivity contribution in [2.24, 2.45) is 5.92 Å². The molecule has 0 N–H and O–H groups in total. The first-order valence-corrected chi connectivity index (χ1v) is 14.3. The first-order valence-electron chi connectivity index (χ1n) is 12.4. The van der Waals surface area contributed by atoms with E-state index >= 15 is 0 Å². The van der Waals surface area contributed by atoms with Gasteiger partial charge in [-0.25, -0.2) is 0 Å². The summed E-state index contributed by atoms with van der Waals surface area (Å²) in [6.07, 6.45) is 0.0448. The highest BCUT2D eigenvalue weighted by Gasteiger charge is 2.62. The zero-order valence-corrected chi connectivity index (χ0v) is 21.8. The van der Waals surface area contributed by atoms with E-state index in [1.165, 1.54) is 10.4 Å². The predicted molar refractivity (Wildman–Crippen MR) is 140 cm³/mol. The molecule has 1 aliphatic heterocycles. The van der Waals surface area contributed by atoms with Crippen LogP contribution in [0.5, 0.6) is 0 Å². The zero-order valence-electron chi connectivity index (χ0n) is 20.8. The largest absolute Gasteiger partial charge is 0.404 e. The molecule has 5 rings (SSSR count). The summed E-state index contributed by atoms with van der Waals surface area (Å²) in [6.45, 7) is 7.99. The van der Waals surface area contributed by atoms with Crippen molar-refractivity contribution in [2.45, 2.75) is 50.5 Å². The summed E-state index contributed by atoms with van der Waals surface area (Å²) in [5, 5.41) is 2.29. The number of benzene rings is 3. The molecule has 4 nitrogen and oxygen atoms in total. The van der Waals surface area contributed by atoms with Gasteiger partial charge in [0.2, 0.25) is 0 Å². The van der Waals surface area contributed by atoms with Gasteiger partial charge >= 0.3 is 0 Å². The molecule has 1 saturated heterocycles. The topological polar surface area (TPSA) is 44.8 Å². The van der Waals surface area contributed by atoms with Gasteiger partial charge in [-0.1, -0.05) is 112 Å². The van der Waals surface area contributed by atoms with Crippen LogP contribution >= 0.6 is 0 Å². The highest BCUT2D eigenvalue weighted by molar-refractivity contribution is 6.99. The average molecular weight is 487 g/mol. The van der Waals surface area contributed by atoms with Crippen molar-refractivity contribution in [3.63, 3.8) is 0 Å². The molecule has 2 aliphatic rings. The summed E-state index contributed by atoms with van der Waals surface area (Å²) in [6, 6.07) is 31.3. The van der Waals surface area contributed by atoms with Crippen LogP contribution in [0.15, 0.2) is 91.0 Å². The van der Waals surface area contributed by atoms with E-state index in [0.717, 1.165) is 5.56 Å². The number of ether oxygens (including phenoxy) is 2. The number of Topliss-reactive ketones (excluding diaryl/α,β-unsaturated/α-hetero) is 1. The number of hydrogen-bond acceptors (Lipinski definition) is 4. The summed E-state index contributed by atoms with van der Waals surface area (Å²) >= 11 is 0. The molecule has 182 valence electrons. The lowest BCUT2D eigenvalue weighted by molar-refractivity contribution is -0.133. The highest BCUT2D eigenvalue weighted by Crippen LogP contribution is 2.46. The second-order valence-corrected chi connectivity index (χ2v) is 15.1. The molecule has 0 spiro atoms. The minimum absolute atomic E-state index is 0.145. The van der Waals surface area contributed by atoms with Crippen LogP contribution < -0.4 is 10.4 Å². The van der Waals surface area contributed by atoms with Crippen molar-refractivity contribution in [1.29, 1.82) is 0 Å². The van der Waals surface area contributed by atoms with Crippen LogP contribution in [-0.2, 0) is 25.3 Å². The molecule has 1 saturated carbocycles. The van der Waals surface area contributed by atoms with Gasteiger partial charge in [0.15, 0.2) is 0 Å². The first kappa shape index (κ1) is 24.1. The molecule has 3 aromatic rings. The first-order chi connectivity index (χ1) is 16.9. The van der Waals surface area contributed by atoms with Gasteiger partial charge in [0.05, 0.1) is 25.7 Å². The third kappa shape index (κ3) is 4.31. The van der Waals surface area contributed by atoms with E-state index in [1.54, 1.807) is 0 Å². The lowest BCUT2D eigenvalue weighted by atomic mass is 10.0. The van der Waals surface area contributed by atoms with Crippen molar-refractivity contribution in [3.05, 3.63) is 96.6 Å². The molecular weight excluding hydrogens is 452 g/mol. The minimum Gasteiger partial charge on any atom is -0.404 e. The summed E-state index contributed by atoms with van der Waals surface area (Å²) in [4.78, 5) is 12.9. The fraction of sp³-hybridized carbons (Fsp3) is 0.367. The van der Waals surface area contributed by atoms with Crippen molar-refractivity contribution in [1.82, 2.24) is 0 Å². The maximum atomic E-state index is 12.9. The summed E-state index contributed by atoms with van der Waals surface area (Å²) in [5.74, 6) is 0.00169. The van der Waals surface area contributed by atoms with Gasteiger partial charge in [-0.05, 0) is 21.0 Å². The number of carbonyl (C=O) groups is 1. The van der Waals surface area contributed by atoms with Crippen LogP contribution in [0, 0.1) is 5.92 Å². The van der Waals surface area contributed by atoms with Crippen LogP contribution in [-0.4, -0.2) is 39.0 Å². The molecule has 1 heterocycles. The monoisotopic (exact) mass is 486 g/mol. The number of ketones is 1. The summed E-state index contributed by atoms with van der Waals surface area (Å²) in [7, 11) is -2.75. The quantitative estimate of drug-likeness (QED) is 0.440. The zero-order chi connectivity index (χ0) is 24.5. The fourth-order valence-electron chi connectivity index (χ4n) is 5.83. The molecule has 3 atom stereocenters. The molecule has 1 aliphatic carbocycles. The van der Waals surface area contributed by atoms with Crippen molar-refractivity contribution in [2.75, 3.05) is 13.2 Å². The van der Waals surface area contributed by atoms with Crippen LogP contribution in [0.4, 0.5) is 0 Å². The van der Waals surface area contributed by atoms with E-state index in [2.05, 4.69) is 69.3 Å². The van der Waals surface area contributed by atoms with Gasteiger partial charge in [0.25, 0.3) is 8.32 Å². The molecule has 2 fully saturated rings. The standard InChI is InChI=1S/C30H34O4Si/c1-29(2,3)35(24-15-9-5-10-16-24,25-17-11-6-12-18-25)34-22-30-19-27(31)26(21-33-30)28(30)32-20-23-13-7-4-8-14-23/h4-18,26,28H,19-22H2,1-3H3/t26-,28+,30-/m0/s1. The molecule has 0 amide bonds. The predicted octanol–water partition coefficient (Wildman–Crippen LogP) is 4.51. The molecule has 5 heteroatoms. The minimum atomic E-state index is -2.75. The Labute approximate surface area is 209 Å². The summed E-state index contributed by atoms with van der Waals surface area (Å²) < 4.78 is 19.9. The van der Waals surface area contributed by atoms with E-state index in [0.29, 0.717) is 26.2 Å². The van der Waals surface area contributed by atoms with Crippen molar-refractivity contribution < 1.29 is 18.7 Å². The summed E-state index contributed by atoms with van der Waals surface area (Å²) in [5.41, 5.74) is 0.346. The molecule has 35 heavy (non-hydrogen) atoms. The Balaban J connectivity index is 1.49. The van der Waals surface area contributed by atoms with Crippen LogP contribution in [0.2, 0.25) is 5.04 Å². The van der Waals surface area contributed by atoms with Crippen molar-refractivity contribution in [3.8, 4) is 0 Å². The third-order valence-electron chi connectivity index (χ3n) is 7.54. The molecule has 3 aromatic carbocycles. The van der Waals surface area contributed by atoms with Gasteiger partial charge < -0.3 is 13.9 Å². The number of fused-ring (bicyclic) bond motifs is 2. The Morgan fingerprint density at radius 1 is 0.886 bits per heavy atom. The Kier molecular flexibility index (Phi) is 6.53. The van der Waals surface area contributed by atoms with E-state index < -0.39 is 13.9 Å². The molecular formula is C30H34O4Si.